The van der Waals surface area contributed by atoms with E-state index in [1.165, 1.54) is 6.42 Å². The molecule has 7 heteroatoms. The molecule has 1 aliphatic carbocycles. The minimum atomic E-state index is -1.05. The van der Waals surface area contributed by atoms with Crippen LogP contribution in [0.2, 0.25) is 0 Å². The van der Waals surface area contributed by atoms with Gasteiger partial charge in [-0.15, -0.1) is 0 Å². The number of benzene rings is 1. The largest absolute Gasteiger partial charge is 0.459 e. The highest BCUT2D eigenvalue weighted by Gasteiger charge is 2.35. The van der Waals surface area contributed by atoms with Gasteiger partial charge in [-0.25, -0.2) is 0 Å². The predicted octanol–water partition coefficient (Wildman–Crippen LogP) is 5.56. The van der Waals surface area contributed by atoms with E-state index in [2.05, 4.69) is 24.5 Å². The molecule has 0 saturated heterocycles. The van der Waals surface area contributed by atoms with Crippen molar-refractivity contribution in [2.45, 2.75) is 149 Å². The highest BCUT2D eigenvalue weighted by molar-refractivity contribution is 5.84. The van der Waals surface area contributed by atoms with Crippen molar-refractivity contribution in [1.82, 2.24) is 10.6 Å². The van der Waals surface area contributed by atoms with Gasteiger partial charge in [-0.1, -0.05) is 90.1 Å². The minimum absolute atomic E-state index is 0.194. The second-order valence-corrected chi connectivity index (χ2v) is 14.0. The Kier molecular flexibility index (Phi) is 14.8. The molecule has 1 amide bonds. The first-order valence-corrected chi connectivity index (χ1v) is 15.9. The van der Waals surface area contributed by atoms with Crippen LogP contribution in [-0.4, -0.2) is 58.0 Å². The third-order valence-electron chi connectivity index (χ3n) is 7.84. The Morgan fingerprint density at radius 1 is 0.927 bits per heavy atom. The minimum Gasteiger partial charge on any atom is -0.459 e. The van der Waals surface area contributed by atoms with E-state index in [0.29, 0.717) is 38.0 Å². The molecule has 1 fully saturated rings. The lowest BCUT2D eigenvalue weighted by atomic mass is 9.82. The molecule has 0 bridgehead atoms. The fraction of sp³-hybridized carbons (Fsp3) is 0.765. The molecule has 2 rings (SSSR count). The molecule has 4 N–H and O–H groups in total. The number of nitrogens with one attached hydrogen (secondary N) is 2. The molecular weight excluding hydrogens is 516 g/mol. The molecule has 0 spiro atoms. The average molecular weight is 575 g/mol. The molecule has 234 valence electrons. The maximum Gasteiger partial charge on any atom is 0.323 e. The van der Waals surface area contributed by atoms with Crippen molar-refractivity contribution >= 4 is 11.9 Å². The van der Waals surface area contributed by atoms with Gasteiger partial charge in [0.2, 0.25) is 5.91 Å². The first kappa shape index (κ1) is 35.2. The average Bonchev–Trinajstić information content (AvgIpc) is 2.89. The zero-order chi connectivity index (χ0) is 30.6. The van der Waals surface area contributed by atoms with Gasteiger partial charge in [0, 0.05) is 0 Å². The van der Waals surface area contributed by atoms with Crippen molar-refractivity contribution in [3.8, 4) is 0 Å². The van der Waals surface area contributed by atoms with Crippen molar-refractivity contribution in [3.63, 3.8) is 0 Å². The summed E-state index contributed by atoms with van der Waals surface area (Å²) in [5, 5.41) is 28.5. The van der Waals surface area contributed by atoms with Crippen LogP contribution < -0.4 is 10.6 Å². The highest BCUT2D eigenvalue weighted by atomic mass is 16.6. The van der Waals surface area contributed by atoms with Gasteiger partial charge in [-0.2, -0.15) is 0 Å². The summed E-state index contributed by atoms with van der Waals surface area (Å²) < 4.78 is 5.76. The Labute approximate surface area is 249 Å². The van der Waals surface area contributed by atoms with Crippen LogP contribution in [-0.2, 0) is 20.7 Å². The van der Waals surface area contributed by atoms with E-state index in [1.54, 1.807) is 0 Å². The van der Waals surface area contributed by atoms with E-state index >= 15 is 0 Å². The summed E-state index contributed by atoms with van der Waals surface area (Å²) in [6, 6.07) is 8.11. The van der Waals surface area contributed by atoms with Gasteiger partial charge in [-0.05, 0) is 76.2 Å². The summed E-state index contributed by atoms with van der Waals surface area (Å²) in [5.41, 5.74) is 0.462. The monoisotopic (exact) mass is 574 g/mol. The second-order valence-electron chi connectivity index (χ2n) is 14.0. The third kappa shape index (κ3) is 13.7. The number of esters is 1. The van der Waals surface area contributed by atoms with Crippen molar-refractivity contribution in [3.05, 3.63) is 35.9 Å². The smallest absolute Gasteiger partial charge is 0.323 e. The van der Waals surface area contributed by atoms with Crippen molar-refractivity contribution in [2.24, 2.45) is 17.8 Å². The van der Waals surface area contributed by atoms with Gasteiger partial charge < -0.3 is 20.3 Å². The quantitative estimate of drug-likeness (QED) is 0.193. The lowest BCUT2D eigenvalue weighted by Gasteiger charge is -2.34. The number of aliphatic hydroxyl groups excluding tert-OH is 2. The zero-order valence-corrected chi connectivity index (χ0v) is 26.7. The van der Waals surface area contributed by atoms with Gasteiger partial charge in [-0.3, -0.25) is 14.9 Å². The predicted molar refractivity (Wildman–Crippen MR) is 165 cm³/mol. The summed E-state index contributed by atoms with van der Waals surface area (Å²) in [7, 11) is 0. The Morgan fingerprint density at radius 2 is 1.54 bits per heavy atom. The number of hydrogen-bond donors (Lipinski definition) is 4. The fourth-order valence-electron chi connectivity index (χ4n) is 5.80. The van der Waals surface area contributed by atoms with Gasteiger partial charge in [0.05, 0.1) is 18.2 Å². The fourth-order valence-corrected chi connectivity index (χ4v) is 5.80. The van der Waals surface area contributed by atoms with Crippen LogP contribution in [0.3, 0.4) is 0 Å². The lowest BCUT2D eigenvalue weighted by Crippen LogP contribution is -2.57. The number of carbonyl (C=O) groups is 2. The van der Waals surface area contributed by atoms with Crippen LogP contribution in [0.1, 0.15) is 112 Å². The lowest BCUT2D eigenvalue weighted by molar-refractivity contribution is -0.158. The molecule has 41 heavy (non-hydrogen) atoms. The number of aliphatic hydroxyl groups is 2. The van der Waals surface area contributed by atoms with Crippen molar-refractivity contribution in [1.29, 1.82) is 0 Å². The van der Waals surface area contributed by atoms with Crippen molar-refractivity contribution < 1.29 is 24.5 Å². The summed E-state index contributed by atoms with van der Waals surface area (Å²) in [4.78, 5) is 27.2. The summed E-state index contributed by atoms with van der Waals surface area (Å²) in [5.74, 6) is 0.205. The molecule has 1 aliphatic rings. The molecule has 7 nitrogen and oxygen atoms in total. The normalized spacial score (nSPS) is 18.5. The molecule has 0 radical (unpaired) electrons. The Hall–Kier alpha value is -1.96. The number of ether oxygens (including phenoxy) is 1. The van der Waals surface area contributed by atoms with E-state index in [4.69, 9.17) is 4.74 Å². The second kappa shape index (κ2) is 17.2. The van der Waals surface area contributed by atoms with E-state index in [9.17, 15) is 19.8 Å². The third-order valence-corrected chi connectivity index (χ3v) is 7.84. The van der Waals surface area contributed by atoms with Crippen LogP contribution in [0.5, 0.6) is 0 Å². The standard InChI is InChI=1S/C34H58N2O5/c1-23(2)20-29(35-27(33(40)41-34(5,6)7)19-18-25-14-10-8-11-15-25)32(39)36-28(22-26-16-12-9-13-17-26)31(38)30(37)21-24(3)4/h8,10-11,14-15,23-24,26-31,35,37-38H,9,12-13,16-22H2,1-7H3,(H,36,39)/t27-,28-,29+,30-,31+/m0/s1. The van der Waals surface area contributed by atoms with Gasteiger partial charge >= 0.3 is 5.97 Å². The van der Waals surface area contributed by atoms with Crippen LogP contribution in [0, 0.1) is 17.8 Å². The van der Waals surface area contributed by atoms with Gasteiger partial charge in [0.15, 0.2) is 0 Å². The molecule has 1 aromatic carbocycles. The van der Waals surface area contributed by atoms with E-state index in [0.717, 1.165) is 31.2 Å². The Balaban J connectivity index is 2.25. The Bertz CT molecular complexity index is 892. The van der Waals surface area contributed by atoms with Gasteiger partial charge in [0.25, 0.3) is 0 Å². The number of aryl methyl sites for hydroxylation is 1. The summed E-state index contributed by atoms with van der Waals surface area (Å²) in [6.45, 7) is 13.7. The molecule has 5 atom stereocenters. The number of rotatable bonds is 16. The molecule has 0 heterocycles. The number of hydrogen-bond acceptors (Lipinski definition) is 6. The molecule has 1 aromatic rings. The summed E-state index contributed by atoms with van der Waals surface area (Å²) in [6.07, 6.45) is 6.51. The molecule has 1 saturated carbocycles. The molecule has 0 unspecified atom stereocenters. The first-order chi connectivity index (χ1) is 19.2. The maximum absolute atomic E-state index is 13.9. The van der Waals surface area contributed by atoms with Crippen LogP contribution in [0.15, 0.2) is 30.3 Å². The summed E-state index contributed by atoms with van der Waals surface area (Å²) >= 11 is 0. The van der Waals surface area contributed by atoms with Gasteiger partial charge in [0.1, 0.15) is 17.7 Å². The van der Waals surface area contributed by atoms with E-state index in [-0.39, 0.29) is 23.7 Å². The van der Waals surface area contributed by atoms with E-state index in [1.807, 2.05) is 65.0 Å². The molecular formula is C34H58N2O5. The van der Waals surface area contributed by atoms with Crippen molar-refractivity contribution in [2.75, 3.05) is 0 Å². The van der Waals surface area contributed by atoms with Crippen LogP contribution in [0.4, 0.5) is 0 Å². The maximum atomic E-state index is 13.9. The highest BCUT2D eigenvalue weighted by Crippen LogP contribution is 2.29. The zero-order valence-electron chi connectivity index (χ0n) is 26.7. The van der Waals surface area contributed by atoms with Crippen LogP contribution >= 0.6 is 0 Å². The number of amides is 1. The number of carbonyl (C=O) groups excluding carboxylic acids is 2. The topological polar surface area (TPSA) is 108 Å². The van der Waals surface area contributed by atoms with E-state index < -0.39 is 35.9 Å². The molecule has 0 aliphatic heterocycles. The SMILES string of the molecule is CC(C)C[C@@H](N[C@@H](CCc1ccccc1)C(=O)OC(C)(C)C)C(=O)N[C@@H](CC1CCCCC1)[C@@H](O)[C@@H](O)CC(C)C. The first-order valence-electron chi connectivity index (χ1n) is 15.9. The molecule has 0 aromatic heterocycles. The Morgan fingerprint density at radius 3 is 2.10 bits per heavy atom. The van der Waals surface area contributed by atoms with Crippen LogP contribution in [0.25, 0.3) is 0 Å².